The van der Waals surface area contributed by atoms with E-state index < -0.39 is 0 Å². The van der Waals surface area contributed by atoms with E-state index in [2.05, 4.69) is 158 Å². The van der Waals surface area contributed by atoms with Gasteiger partial charge in [-0.3, -0.25) is 0 Å². The van der Waals surface area contributed by atoms with Crippen LogP contribution in [0.1, 0.15) is 25.0 Å². The molecule has 1 heterocycles. The van der Waals surface area contributed by atoms with E-state index in [9.17, 15) is 0 Å². The second-order valence-corrected chi connectivity index (χ2v) is 13.4. The third-order valence-corrected chi connectivity index (χ3v) is 10.4. The number of anilines is 3. The van der Waals surface area contributed by atoms with Gasteiger partial charge in [-0.2, -0.15) is 0 Å². The van der Waals surface area contributed by atoms with Gasteiger partial charge in [0.15, 0.2) is 0 Å². The standard InChI is InChI=1S/C45H31NO/c1-45(2)41-13-7-5-11-36(41)37-23-19-31(26-42(37)45)46(32-20-24-39-38-12-6-8-14-43(38)47-44(39)27-32)30-18-15-29-17-21-34-33-10-4-3-9-28(33)16-22-35(34)40(29)25-30/h3-27H,1-2H3. The Morgan fingerprint density at radius 3 is 1.87 bits per heavy atom. The molecule has 2 heteroatoms. The maximum Gasteiger partial charge on any atom is 0.137 e. The molecular weight excluding hydrogens is 571 g/mol. The lowest BCUT2D eigenvalue weighted by molar-refractivity contribution is 0.660. The molecule has 0 amide bonds. The fourth-order valence-electron chi connectivity index (χ4n) is 8.08. The van der Waals surface area contributed by atoms with Crippen molar-refractivity contribution < 1.29 is 4.42 Å². The zero-order valence-electron chi connectivity index (χ0n) is 26.3. The summed E-state index contributed by atoms with van der Waals surface area (Å²) in [4.78, 5) is 2.39. The second-order valence-electron chi connectivity index (χ2n) is 13.4. The molecular formula is C45H31NO. The number of nitrogens with zero attached hydrogens (tertiary/aromatic N) is 1. The number of benzene rings is 8. The minimum atomic E-state index is -0.100. The van der Waals surface area contributed by atoms with Crippen molar-refractivity contribution in [2.24, 2.45) is 0 Å². The zero-order chi connectivity index (χ0) is 31.3. The molecule has 1 aliphatic rings. The Labute approximate surface area is 273 Å². The molecule has 0 bridgehead atoms. The van der Waals surface area contributed by atoms with Crippen LogP contribution in [0.15, 0.2) is 156 Å². The first kappa shape index (κ1) is 26.4. The van der Waals surface area contributed by atoms with Crippen molar-refractivity contribution in [3.63, 3.8) is 0 Å². The predicted molar refractivity (Wildman–Crippen MR) is 198 cm³/mol. The molecule has 8 aromatic carbocycles. The highest BCUT2D eigenvalue weighted by molar-refractivity contribution is 6.18. The van der Waals surface area contributed by atoms with Crippen LogP contribution in [-0.2, 0) is 5.41 Å². The Morgan fingerprint density at radius 2 is 0.979 bits per heavy atom. The Kier molecular flexibility index (Phi) is 5.37. The van der Waals surface area contributed by atoms with Crippen LogP contribution in [0.3, 0.4) is 0 Å². The Balaban J connectivity index is 1.22. The second kappa shape index (κ2) is 9.57. The third kappa shape index (κ3) is 3.79. The molecule has 9 aromatic rings. The van der Waals surface area contributed by atoms with Crippen LogP contribution in [0.2, 0.25) is 0 Å². The number of hydrogen-bond donors (Lipinski definition) is 0. The number of fused-ring (bicyclic) bond motifs is 11. The summed E-state index contributed by atoms with van der Waals surface area (Å²) in [6, 6.07) is 55.4. The number of rotatable bonds is 3. The van der Waals surface area contributed by atoms with E-state index in [0.717, 1.165) is 39.0 Å². The van der Waals surface area contributed by atoms with Crippen molar-refractivity contribution in [2.45, 2.75) is 19.3 Å². The fourth-order valence-corrected chi connectivity index (χ4v) is 8.08. The van der Waals surface area contributed by atoms with Crippen LogP contribution in [0.25, 0.3) is 65.4 Å². The SMILES string of the molecule is CC1(C)c2ccccc2-c2ccc(N(c3ccc4c(c3)oc3ccccc34)c3ccc4ccc5c6ccccc6ccc5c4c3)cc21. The van der Waals surface area contributed by atoms with Crippen LogP contribution in [0, 0.1) is 0 Å². The molecule has 1 aliphatic carbocycles. The molecule has 0 unspecified atom stereocenters. The van der Waals surface area contributed by atoms with Gasteiger partial charge in [-0.05, 0) is 97.0 Å². The lowest BCUT2D eigenvalue weighted by Crippen LogP contribution is -2.16. The van der Waals surface area contributed by atoms with Gasteiger partial charge in [-0.1, -0.05) is 117 Å². The summed E-state index contributed by atoms with van der Waals surface area (Å²) in [5, 5.41) is 9.83. The van der Waals surface area contributed by atoms with Crippen molar-refractivity contribution in [1.82, 2.24) is 0 Å². The molecule has 0 radical (unpaired) electrons. The summed E-state index contributed by atoms with van der Waals surface area (Å²) in [7, 11) is 0. The quantitative estimate of drug-likeness (QED) is 0.187. The minimum absolute atomic E-state index is 0.100. The van der Waals surface area contributed by atoms with Crippen LogP contribution >= 0.6 is 0 Å². The van der Waals surface area contributed by atoms with E-state index in [1.54, 1.807) is 0 Å². The first-order chi connectivity index (χ1) is 23.0. The van der Waals surface area contributed by atoms with Crippen LogP contribution in [-0.4, -0.2) is 0 Å². The number of para-hydroxylation sites is 1. The summed E-state index contributed by atoms with van der Waals surface area (Å²) in [5.41, 5.74) is 10.4. The lowest BCUT2D eigenvalue weighted by atomic mass is 9.82. The maximum absolute atomic E-state index is 6.41. The summed E-state index contributed by atoms with van der Waals surface area (Å²) in [6.07, 6.45) is 0. The van der Waals surface area contributed by atoms with E-state index in [0.29, 0.717) is 0 Å². The van der Waals surface area contributed by atoms with E-state index in [1.807, 2.05) is 12.1 Å². The highest BCUT2D eigenvalue weighted by atomic mass is 16.3. The monoisotopic (exact) mass is 601 g/mol. The van der Waals surface area contributed by atoms with Crippen LogP contribution in [0.4, 0.5) is 17.1 Å². The maximum atomic E-state index is 6.41. The van der Waals surface area contributed by atoms with Crippen molar-refractivity contribution in [1.29, 1.82) is 0 Å². The largest absolute Gasteiger partial charge is 0.456 e. The third-order valence-electron chi connectivity index (χ3n) is 10.4. The molecule has 0 N–H and O–H groups in total. The van der Waals surface area contributed by atoms with Gasteiger partial charge in [0.25, 0.3) is 0 Å². The molecule has 2 nitrogen and oxygen atoms in total. The first-order valence-corrected chi connectivity index (χ1v) is 16.3. The predicted octanol–water partition coefficient (Wildman–Crippen LogP) is 12.8. The summed E-state index contributed by atoms with van der Waals surface area (Å²) in [6.45, 7) is 4.69. The molecule has 0 saturated heterocycles. The molecule has 222 valence electrons. The molecule has 0 fully saturated rings. The summed E-state index contributed by atoms with van der Waals surface area (Å²) in [5.74, 6) is 0. The molecule has 1 aromatic heterocycles. The minimum Gasteiger partial charge on any atom is -0.456 e. The van der Waals surface area contributed by atoms with Gasteiger partial charge in [0, 0.05) is 39.3 Å². The van der Waals surface area contributed by atoms with E-state index in [1.165, 1.54) is 54.6 Å². The van der Waals surface area contributed by atoms with Gasteiger partial charge in [0.1, 0.15) is 11.2 Å². The zero-order valence-corrected chi connectivity index (χ0v) is 26.3. The molecule has 0 spiro atoms. The van der Waals surface area contributed by atoms with Gasteiger partial charge in [0.05, 0.1) is 0 Å². The summed E-state index contributed by atoms with van der Waals surface area (Å²) < 4.78 is 6.41. The first-order valence-electron chi connectivity index (χ1n) is 16.3. The molecule has 47 heavy (non-hydrogen) atoms. The average molecular weight is 602 g/mol. The van der Waals surface area contributed by atoms with Crippen LogP contribution < -0.4 is 4.90 Å². The highest BCUT2D eigenvalue weighted by Gasteiger charge is 2.35. The smallest absolute Gasteiger partial charge is 0.137 e. The van der Waals surface area contributed by atoms with Gasteiger partial charge in [0.2, 0.25) is 0 Å². The lowest BCUT2D eigenvalue weighted by Gasteiger charge is -2.28. The van der Waals surface area contributed by atoms with Crippen molar-refractivity contribution in [2.75, 3.05) is 4.90 Å². The van der Waals surface area contributed by atoms with E-state index >= 15 is 0 Å². The van der Waals surface area contributed by atoms with Gasteiger partial charge in [-0.25, -0.2) is 0 Å². The normalized spacial score (nSPS) is 13.5. The molecule has 0 aliphatic heterocycles. The van der Waals surface area contributed by atoms with Gasteiger partial charge < -0.3 is 9.32 Å². The van der Waals surface area contributed by atoms with Crippen molar-refractivity contribution in [3.8, 4) is 11.1 Å². The molecule has 10 rings (SSSR count). The van der Waals surface area contributed by atoms with Gasteiger partial charge >= 0.3 is 0 Å². The topological polar surface area (TPSA) is 16.4 Å². The number of hydrogen-bond acceptors (Lipinski definition) is 2. The van der Waals surface area contributed by atoms with Crippen molar-refractivity contribution >= 4 is 71.3 Å². The van der Waals surface area contributed by atoms with Crippen molar-refractivity contribution in [3.05, 3.63) is 163 Å². The van der Waals surface area contributed by atoms with Gasteiger partial charge in [-0.15, -0.1) is 0 Å². The Hall–Kier alpha value is -5.86. The fraction of sp³-hybridized carbons (Fsp3) is 0.0667. The Bertz CT molecular complexity index is 2730. The van der Waals surface area contributed by atoms with E-state index in [4.69, 9.17) is 4.42 Å². The molecule has 0 saturated carbocycles. The van der Waals surface area contributed by atoms with Crippen LogP contribution in [0.5, 0.6) is 0 Å². The highest BCUT2D eigenvalue weighted by Crippen LogP contribution is 2.51. The summed E-state index contributed by atoms with van der Waals surface area (Å²) >= 11 is 0. The Morgan fingerprint density at radius 1 is 0.404 bits per heavy atom. The molecule has 0 atom stereocenters. The van der Waals surface area contributed by atoms with E-state index in [-0.39, 0.29) is 5.41 Å². The average Bonchev–Trinajstić information content (AvgIpc) is 3.59. The number of furan rings is 1.